The lowest BCUT2D eigenvalue weighted by atomic mass is 9.93. The van der Waals surface area contributed by atoms with Crippen LogP contribution in [0.25, 0.3) is 0 Å². The Balaban J connectivity index is 1.68. The van der Waals surface area contributed by atoms with E-state index in [2.05, 4.69) is 11.4 Å². The van der Waals surface area contributed by atoms with Crippen molar-refractivity contribution in [2.75, 3.05) is 31.6 Å². The lowest BCUT2D eigenvalue weighted by molar-refractivity contribution is -0.138. The predicted octanol–water partition coefficient (Wildman–Crippen LogP) is 1.66. The first-order valence-corrected chi connectivity index (χ1v) is 9.05. The van der Waals surface area contributed by atoms with E-state index in [1.807, 2.05) is 13.8 Å². The van der Waals surface area contributed by atoms with Gasteiger partial charge in [-0.1, -0.05) is 0 Å². The zero-order valence-corrected chi connectivity index (χ0v) is 15.2. The van der Waals surface area contributed by atoms with Gasteiger partial charge in [-0.3, -0.25) is 9.59 Å². The number of ether oxygens (including phenoxy) is 2. The molecule has 0 aliphatic carbocycles. The van der Waals surface area contributed by atoms with Crippen LogP contribution >= 0.6 is 11.3 Å². The fraction of sp³-hybridized carbons (Fsp3) is 0.588. The van der Waals surface area contributed by atoms with E-state index in [4.69, 9.17) is 9.47 Å². The third-order valence-corrected chi connectivity index (χ3v) is 5.45. The molecule has 1 saturated heterocycles. The maximum atomic E-state index is 12.3. The minimum absolute atomic E-state index is 0.218. The van der Waals surface area contributed by atoms with Crippen LogP contribution in [0.1, 0.15) is 36.3 Å². The summed E-state index contributed by atoms with van der Waals surface area (Å²) in [5.41, 5.74) is 1.11. The number of fused-ring (bicyclic) bond motifs is 1. The zero-order valence-electron chi connectivity index (χ0n) is 14.4. The third-order valence-electron chi connectivity index (χ3n) is 4.33. The molecule has 1 aromatic rings. The van der Waals surface area contributed by atoms with Crippen LogP contribution in [-0.4, -0.2) is 48.6 Å². The molecule has 1 N–H and O–H groups in total. The van der Waals surface area contributed by atoms with Crippen LogP contribution in [0.2, 0.25) is 0 Å². The molecular weight excluding hydrogens is 342 g/mol. The summed E-state index contributed by atoms with van der Waals surface area (Å²) in [4.78, 5) is 27.0. The smallest absolute Gasteiger partial charge is 0.234 e. The fourth-order valence-corrected chi connectivity index (χ4v) is 4.09. The molecule has 1 aromatic heterocycles. The molecule has 0 radical (unpaired) electrons. The molecule has 0 saturated carbocycles. The van der Waals surface area contributed by atoms with Crippen LogP contribution < -0.4 is 5.32 Å². The van der Waals surface area contributed by atoms with Crippen LogP contribution in [0.15, 0.2) is 0 Å². The highest BCUT2D eigenvalue weighted by Crippen LogP contribution is 2.39. The number of hydrogen-bond donors (Lipinski definition) is 1. The Hall–Kier alpha value is -1.95. The summed E-state index contributed by atoms with van der Waals surface area (Å²) in [5, 5.41) is 12.8. The van der Waals surface area contributed by atoms with Crippen LogP contribution in [0.4, 0.5) is 5.00 Å². The quantitative estimate of drug-likeness (QED) is 0.825. The lowest BCUT2D eigenvalue weighted by Crippen LogP contribution is -2.41. The second-order valence-corrected chi connectivity index (χ2v) is 7.87. The summed E-state index contributed by atoms with van der Waals surface area (Å²) >= 11 is 1.35. The number of nitrogens with one attached hydrogen (secondary N) is 1. The average Bonchev–Trinajstić information content (AvgIpc) is 2.90. The highest BCUT2D eigenvalue weighted by atomic mass is 32.1. The fourth-order valence-electron chi connectivity index (χ4n) is 2.99. The molecule has 0 spiro atoms. The largest absolute Gasteiger partial charge is 0.378 e. The van der Waals surface area contributed by atoms with Crippen molar-refractivity contribution in [3.05, 3.63) is 16.0 Å². The molecule has 7 nitrogen and oxygen atoms in total. The monoisotopic (exact) mass is 363 g/mol. The first-order chi connectivity index (χ1) is 11.9. The van der Waals surface area contributed by atoms with Gasteiger partial charge in [0.1, 0.15) is 17.5 Å². The van der Waals surface area contributed by atoms with Gasteiger partial charge in [0.05, 0.1) is 31.0 Å². The summed E-state index contributed by atoms with van der Waals surface area (Å²) in [5.74, 6) is -0.614. The van der Waals surface area contributed by atoms with Gasteiger partial charge in [0, 0.05) is 24.4 Å². The van der Waals surface area contributed by atoms with E-state index in [1.165, 1.54) is 11.3 Å². The van der Waals surface area contributed by atoms with Crippen molar-refractivity contribution in [2.45, 2.75) is 38.9 Å². The van der Waals surface area contributed by atoms with Gasteiger partial charge >= 0.3 is 0 Å². The zero-order chi connectivity index (χ0) is 18.0. The highest BCUT2D eigenvalue weighted by molar-refractivity contribution is 7.16. The Morgan fingerprint density at radius 3 is 2.76 bits per heavy atom. The average molecular weight is 363 g/mol. The first kappa shape index (κ1) is 17.9. The van der Waals surface area contributed by atoms with E-state index in [1.54, 1.807) is 4.90 Å². The number of carbonyl (C=O) groups is 2. The molecule has 2 aliphatic heterocycles. The summed E-state index contributed by atoms with van der Waals surface area (Å²) < 4.78 is 11.0. The van der Waals surface area contributed by atoms with Crippen LogP contribution in [0, 0.1) is 11.3 Å². The van der Waals surface area contributed by atoms with Gasteiger partial charge in [-0.15, -0.1) is 11.3 Å². The summed E-state index contributed by atoms with van der Waals surface area (Å²) in [7, 11) is 0. The van der Waals surface area contributed by atoms with Gasteiger partial charge in [-0.25, -0.2) is 0 Å². The second-order valence-electron chi connectivity index (χ2n) is 6.76. The van der Waals surface area contributed by atoms with Gasteiger partial charge < -0.3 is 19.7 Å². The van der Waals surface area contributed by atoms with Crippen LogP contribution in [0.3, 0.4) is 0 Å². The summed E-state index contributed by atoms with van der Waals surface area (Å²) in [6.45, 7) is 6.41. The molecule has 0 bridgehead atoms. The van der Waals surface area contributed by atoms with Crippen molar-refractivity contribution in [2.24, 2.45) is 0 Å². The van der Waals surface area contributed by atoms with Crippen molar-refractivity contribution < 1.29 is 19.1 Å². The van der Waals surface area contributed by atoms with Gasteiger partial charge in [0.15, 0.2) is 0 Å². The van der Waals surface area contributed by atoms with Crippen molar-refractivity contribution in [1.82, 2.24) is 4.90 Å². The van der Waals surface area contributed by atoms with Crippen molar-refractivity contribution in [1.29, 1.82) is 5.26 Å². The Bertz CT molecular complexity index is 729. The molecule has 3 heterocycles. The molecule has 1 fully saturated rings. The highest BCUT2D eigenvalue weighted by Gasteiger charge is 2.32. The van der Waals surface area contributed by atoms with Crippen molar-refractivity contribution in [3.8, 4) is 6.07 Å². The Morgan fingerprint density at radius 2 is 2.08 bits per heavy atom. The molecule has 2 aliphatic rings. The van der Waals surface area contributed by atoms with Crippen molar-refractivity contribution in [3.63, 3.8) is 0 Å². The number of nitrogens with zero attached hydrogens (tertiary/aromatic N) is 2. The molecule has 134 valence electrons. The number of morpholine rings is 1. The molecular formula is C17H21N3O4S. The number of rotatable bonds is 3. The van der Waals surface area contributed by atoms with E-state index < -0.39 is 5.91 Å². The molecule has 0 atom stereocenters. The minimum Gasteiger partial charge on any atom is -0.378 e. The Morgan fingerprint density at radius 1 is 1.36 bits per heavy atom. The van der Waals surface area contributed by atoms with Gasteiger partial charge in [-0.2, -0.15) is 5.26 Å². The number of hydrogen-bond acceptors (Lipinski definition) is 6. The van der Waals surface area contributed by atoms with E-state index in [0.29, 0.717) is 49.9 Å². The summed E-state index contributed by atoms with van der Waals surface area (Å²) in [6, 6.07) is 2.19. The van der Waals surface area contributed by atoms with E-state index in [9.17, 15) is 14.9 Å². The number of amides is 2. The standard InChI is InChI=1S/C17H21N3O4S/c1-17(2)8-11-12(9-18)16(25-13(11)10-24-17)19-14(21)7-15(22)20-3-5-23-6-4-20/h3-8,10H2,1-2H3,(H,19,21). The Kier molecular flexibility index (Phi) is 5.08. The summed E-state index contributed by atoms with van der Waals surface area (Å²) in [6.07, 6.45) is 0.403. The lowest BCUT2D eigenvalue weighted by Gasteiger charge is -2.29. The van der Waals surface area contributed by atoms with Crippen LogP contribution in [0.5, 0.6) is 0 Å². The van der Waals surface area contributed by atoms with E-state index >= 15 is 0 Å². The van der Waals surface area contributed by atoms with Gasteiger partial charge in [0.25, 0.3) is 0 Å². The van der Waals surface area contributed by atoms with E-state index in [0.717, 1.165) is 10.4 Å². The van der Waals surface area contributed by atoms with Crippen LogP contribution in [-0.2, 0) is 32.1 Å². The Labute approximate surface area is 150 Å². The molecule has 2 amide bonds. The minimum atomic E-state index is -0.397. The predicted molar refractivity (Wildman–Crippen MR) is 92.3 cm³/mol. The molecule has 3 rings (SSSR count). The molecule has 0 aromatic carbocycles. The molecule has 0 unspecified atom stereocenters. The molecule has 8 heteroatoms. The SMILES string of the molecule is CC1(C)Cc2c(sc(NC(=O)CC(=O)N3CCOCC3)c2C#N)CO1. The van der Waals surface area contributed by atoms with Gasteiger partial charge in [-0.05, 0) is 19.4 Å². The number of nitriles is 1. The number of anilines is 1. The number of thiophene rings is 1. The first-order valence-electron chi connectivity index (χ1n) is 8.23. The van der Waals surface area contributed by atoms with E-state index in [-0.39, 0.29) is 17.9 Å². The normalized spacial score (nSPS) is 19.0. The maximum Gasteiger partial charge on any atom is 0.234 e. The second kappa shape index (κ2) is 7.12. The molecule has 25 heavy (non-hydrogen) atoms. The topological polar surface area (TPSA) is 91.7 Å². The van der Waals surface area contributed by atoms with Gasteiger partial charge in [0.2, 0.25) is 11.8 Å². The number of carbonyl (C=O) groups excluding carboxylic acids is 2. The maximum absolute atomic E-state index is 12.3. The van der Waals surface area contributed by atoms with Crippen molar-refractivity contribution >= 4 is 28.2 Å². The third kappa shape index (κ3) is 4.00.